The van der Waals surface area contributed by atoms with Gasteiger partial charge in [0, 0.05) is 118 Å². The van der Waals surface area contributed by atoms with Gasteiger partial charge in [-0.05, 0) is 47.1 Å². The third kappa shape index (κ3) is 4.63. The Balaban J connectivity index is 1.36. The zero-order valence-electron chi connectivity index (χ0n) is 32.7. The van der Waals surface area contributed by atoms with E-state index < -0.39 is 17.4 Å². The molecule has 3 aliphatic carbocycles. The van der Waals surface area contributed by atoms with Gasteiger partial charge >= 0.3 is 0 Å². The number of pyridine rings is 6. The van der Waals surface area contributed by atoms with E-state index in [1.807, 2.05) is 30.4 Å². The first-order valence-electron chi connectivity index (χ1n) is 17.8. The normalized spacial score (nSPS) is 17.0. The molecule has 0 atom stereocenters. The molecule has 0 unspecified atom stereocenters. The van der Waals surface area contributed by atoms with Crippen LogP contribution in [0.5, 0.6) is 0 Å². The molecule has 3 aliphatic rings. The van der Waals surface area contributed by atoms with E-state index >= 15 is 0 Å². The third-order valence-electron chi connectivity index (χ3n) is 11.3. The molecular formula is C42H38N6O9. The maximum absolute atomic E-state index is 6.11. The van der Waals surface area contributed by atoms with Crippen LogP contribution in [0.25, 0.3) is 73.2 Å². The van der Waals surface area contributed by atoms with Crippen LogP contribution in [0.2, 0.25) is 0 Å². The summed E-state index contributed by atoms with van der Waals surface area (Å²) in [5, 5.41) is 2.13. The second-order valence-electron chi connectivity index (χ2n) is 13.3. The van der Waals surface area contributed by atoms with E-state index in [4.69, 9.17) is 72.5 Å². The fourth-order valence-corrected chi connectivity index (χ4v) is 8.60. The Bertz CT molecular complexity index is 2750. The van der Waals surface area contributed by atoms with Crippen molar-refractivity contribution < 1.29 is 42.6 Å². The second-order valence-corrected chi connectivity index (χ2v) is 13.3. The molecule has 15 nitrogen and oxygen atoms in total. The Kier molecular flexibility index (Phi) is 8.58. The van der Waals surface area contributed by atoms with Gasteiger partial charge in [0.15, 0.2) is 17.3 Å². The third-order valence-corrected chi connectivity index (χ3v) is 11.3. The van der Waals surface area contributed by atoms with E-state index in [1.54, 1.807) is 101 Å². The molecule has 57 heavy (non-hydrogen) atoms. The highest BCUT2D eigenvalue weighted by molar-refractivity contribution is 6.11. The zero-order valence-corrected chi connectivity index (χ0v) is 32.7. The van der Waals surface area contributed by atoms with Crippen LogP contribution in [0.15, 0.2) is 66.6 Å². The smallest absolute Gasteiger partial charge is 0.272 e. The lowest BCUT2D eigenvalue weighted by Gasteiger charge is -2.36. The van der Waals surface area contributed by atoms with Crippen LogP contribution in [0, 0.1) is 0 Å². The maximum atomic E-state index is 6.11. The average molecular weight is 771 g/mol. The van der Waals surface area contributed by atoms with Gasteiger partial charge in [0.05, 0.1) is 37.9 Å². The molecular weight excluding hydrogens is 732 g/mol. The fraction of sp³-hybridized carbons (Fsp3) is 0.286. The molecule has 6 heterocycles. The lowest BCUT2D eigenvalue weighted by Crippen LogP contribution is -2.37. The molecule has 0 N–H and O–H groups in total. The Labute approximate surface area is 326 Å². The second kappa shape index (κ2) is 13.3. The summed E-state index contributed by atoms with van der Waals surface area (Å²) in [5.41, 5.74) is 8.49. The van der Waals surface area contributed by atoms with Gasteiger partial charge < -0.3 is 42.6 Å². The molecule has 0 fully saturated rings. The predicted octanol–water partition coefficient (Wildman–Crippen LogP) is 6.19. The molecule has 0 amide bonds. The molecule has 0 spiro atoms. The Morgan fingerprint density at radius 3 is 1.14 bits per heavy atom. The summed E-state index contributed by atoms with van der Waals surface area (Å²) < 4.78 is 53.5. The van der Waals surface area contributed by atoms with Crippen molar-refractivity contribution in [2.24, 2.45) is 0 Å². The maximum Gasteiger partial charge on any atom is 0.272 e. The van der Waals surface area contributed by atoms with Crippen molar-refractivity contribution in [3.63, 3.8) is 0 Å². The summed E-state index contributed by atoms with van der Waals surface area (Å²) >= 11 is 0. The van der Waals surface area contributed by atoms with Gasteiger partial charge in [0.25, 0.3) is 17.4 Å². The average Bonchev–Trinajstić information content (AvgIpc) is 3.26. The fourth-order valence-electron chi connectivity index (χ4n) is 8.60. The summed E-state index contributed by atoms with van der Waals surface area (Å²) in [6.45, 7) is 0. The quantitative estimate of drug-likeness (QED) is 0.137. The standard InChI is InChI=1S/C42H38N6O9/c1-49-28-14-21-10-12-43-34-25(18-46-37(31(21)34)40(28,52-4)53-5)24-17-45-36-27(20-48-39-33(36)23(24)16-30(51-3)42(39,56-8)57-9)26-19-47-38-32-22(11-13-44-35(26)32)15-29(50-2)41(38,54-6)55-7/h10-20H,1-9H3. The predicted molar refractivity (Wildman–Crippen MR) is 209 cm³/mol. The van der Waals surface area contributed by atoms with Crippen molar-refractivity contribution >= 4 is 50.9 Å². The van der Waals surface area contributed by atoms with Gasteiger partial charge in [0.1, 0.15) is 17.1 Å². The zero-order chi connectivity index (χ0) is 39.9. The number of hydrogen-bond donors (Lipinski definition) is 0. The molecule has 0 radical (unpaired) electrons. The van der Waals surface area contributed by atoms with Crippen LogP contribution in [-0.2, 0) is 60.0 Å². The largest absolute Gasteiger partial charge is 0.495 e. The molecule has 9 rings (SSSR count). The molecule has 0 saturated heterocycles. The number of hydrogen-bond acceptors (Lipinski definition) is 15. The molecule has 6 aromatic heterocycles. The lowest BCUT2D eigenvalue weighted by molar-refractivity contribution is -0.210. The van der Waals surface area contributed by atoms with Crippen molar-refractivity contribution in [2.75, 3.05) is 64.0 Å². The van der Waals surface area contributed by atoms with E-state index in [9.17, 15) is 0 Å². The molecule has 0 aliphatic heterocycles. The first-order chi connectivity index (χ1) is 27.8. The first-order valence-corrected chi connectivity index (χ1v) is 17.8. The molecule has 0 aromatic carbocycles. The van der Waals surface area contributed by atoms with Crippen LogP contribution in [0.1, 0.15) is 33.8 Å². The molecule has 290 valence electrons. The highest BCUT2D eigenvalue weighted by atomic mass is 16.7. The summed E-state index contributed by atoms with van der Waals surface area (Å²) in [7, 11) is 14.0. The highest BCUT2D eigenvalue weighted by Crippen LogP contribution is 2.51. The molecule has 15 heteroatoms. The number of rotatable bonds is 11. The van der Waals surface area contributed by atoms with Crippen LogP contribution >= 0.6 is 0 Å². The van der Waals surface area contributed by atoms with E-state index in [0.29, 0.717) is 78.5 Å². The van der Waals surface area contributed by atoms with Gasteiger partial charge in [-0.1, -0.05) is 0 Å². The van der Waals surface area contributed by atoms with Gasteiger partial charge in [-0.15, -0.1) is 0 Å². The summed E-state index contributed by atoms with van der Waals surface area (Å²) in [6, 6.07) is 3.79. The summed E-state index contributed by atoms with van der Waals surface area (Å²) in [6.07, 6.45) is 16.1. The SMILES string of the molecule is COC1=Cc2ccnc3c(-c4cnc5c(-c6cnc7c8c(ccnc68)C=C(OC)C7(OC)OC)cnc6c5c4C=C(OC)C6(OC)OC)cnc(c23)C1(OC)OC. The lowest BCUT2D eigenvalue weighted by atomic mass is 9.85. The highest BCUT2D eigenvalue weighted by Gasteiger charge is 2.48. The van der Waals surface area contributed by atoms with E-state index in [1.165, 1.54) is 0 Å². The van der Waals surface area contributed by atoms with E-state index in [0.717, 1.165) is 27.5 Å². The van der Waals surface area contributed by atoms with Crippen molar-refractivity contribution in [3.8, 4) is 22.3 Å². The van der Waals surface area contributed by atoms with Gasteiger partial charge in [-0.3, -0.25) is 29.9 Å². The molecule has 0 saturated carbocycles. The van der Waals surface area contributed by atoms with Crippen molar-refractivity contribution in [1.29, 1.82) is 0 Å². The van der Waals surface area contributed by atoms with Crippen LogP contribution in [-0.4, -0.2) is 93.9 Å². The van der Waals surface area contributed by atoms with Crippen molar-refractivity contribution in [2.45, 2.75) is 17.4 Å². The summed E-state index contributed by atoms with van der Waals surface area (Å²) in [4.78, 5) is 29.9. The first kappa shape index (κ1) is 36.7. The molecule has 0 bridgehead atoms. The van der Waals surface area contributed by atoms with Crippen LogP contribution < -0.4 is 0 Å². The Morgan fingerprint density at radius 1 is 0.386 bits per heavy atom. The van der Waals surface area contributed by atoms with E-state index in [2.05, 4.69) is 0 Å². The van der Waals surface area contributed by atoms with Gasteiger partial charge in [-0.2, -0.15) is 0 Å². The monoisotopic (exact) mass is 770 g/mol. The van der Waals surface area contributed by atoms with Crippen LogP contribution in [0.3, 0.4) is 0 Å². The molecule has 6 aromatic rings. The number of aromatic nitrogens is 6. The Morgan fingerprint density at radius 2 is 0.737 bits per heavy atom. The minimum absolute atomic E-state index is 0.379. The van der Waals surface area contributed by atoms with E-state index in [-0.39, 0.29) is 0 Å². The summed E-state index contributed by atoms with van der Waals surface area (Å²) in [5.74, 6) is -3.00. The number of methoxy groups -OCH3 is 9. The van der Waals surface area contributed by atoms with Gasteiger partial charge in [-0.25, -0.2) is 0 Å². The number of nitrogens with zero attached hydrogens (tertiary/aromatic N) is 6. The van der Waals surface area contributed by atoms with Crippen molar-refractivity contribution in [3.05, 3.63) is 100 Å². The van der Waals surface area contributed by atoms with Crippen LogP contribution in [0.4, 0.5) is 0 Å². The minimum Gasteiger partial charge on any atom is -0.495 e. The Hall–Kier alpha value is -5.94. The van der Waals surface area contributed by atoms with Crippen molar-refractivity contribution in [1.82, 2.24) is 29.9 Å². The topological polar surface area (TPSA) is 160 Å². The number of ether oxygens (including phenoxy) is 9. The minimum atomic E-state index is -1.50. The van der Waals surface area contributed by atoms with Gasteiger partial charge in [0.2, 0.25) is 0 Å².